The Hall–Kier alpha value is -3.17. The van der Waals surface area contributed by atoms with Gasteiger partial charge in [0.1, 0.15) is 0 Å². The number of carbonyl (C=O) groups is 1. The lowest BCUT2D eigenvalue weighted by atomic mass is 9.96. The number of aliphatic hydroxyl groups excluding tert-OH is 1. The third-order valence-electron chi connectivity index (χ3n) is 4.65. The van der Waals surface area contributed by atoms with Crippen molar-refractivity contribution in [1.29, 1.82) is 0 Å². The minimum Gasteiger partial charge on any atom is -0.462 e. The quantitative estimate of drug-likeness (QED) is 0.459. The molecule has 3 nitrogen and oxygen atoms in total. The lowest BCUT2D eigenvalue weighted by Gasteiger charge is -2.12. The molecule has 1 N–H and O–H groups in total. The van der Waals surface area contributed by atoms with Gasteiger partial charge in [-0.3, -0.25) is 0 Å². The van der Waals surface area contributed by atoms with E-state index in [1.165, 1.54) is 11.1 Å². The molecule has 0 heterocycles. The Balaban J connectivity index is 1.78. The van der Waals surface area contributed by atoms with Crippen LogP contribution >= 0.6 is 0 Å². The van der Waals surface area contributed by atoms with E-state index in [2.05, 4.69) is 49.0 Å². The molecule has 0 saturated heterocycles. The maximum absolute atomic E-state index is 11.6. The molecular weight excluding hydrogens is 348 g/mol. The second-order valence-corrected chi connectivity index (χ2v) is 6.75. The fourth-order valence-electron chi connectivity index (χ4n) is 3.06. The van der Waals surface area contributed by atoms with Crippen molar-refractivity contribution in [2.24, 2.45) is 0 Å². The summed E-state index contributed by atoms with van der Waals surface area (Å²) in [6, 6.07) is 24.7. The lowest BCUT2D eigenvalue weighted by Crippen LogP contribution is -2.09. The standard InChI is InChI=1S/C25H24O3/c1-18(2)25(27)28-15-14-23-16-22(12-13-24(23)17-26)21-10-8-20(9-11-21)19-6-4-3-5-7-19/h3-13,16,26H,1,14-15,17H2,2H3. The normalized spacial score (nSPS) is 10.5. The molecule has 0 saturated carbocycles. The Morgan fingerprint density at radius 3 is 2.04 bits per heavy atom. The molecule has 0 unspecified atom stereocenters. The van der Waals surface area contributed by atoms with Crippen LogP contribution in [0, 0.1) is 0 Å². The van der Waals surface area contributed by atoms with Crippen molar-refractivity contribution in [3.63, 3.8) is 0 Å². The number of aliphatic hydroxyl groups is 1. The highest BCUT2D eigenvalue weighted by Gasteiger charge is 2.08. The van der Waals surface area contributed by atoms with Gasteiger partial charge in [0.25, 0.3) is 0 Å². The van der Waals surface area contributed by atoms with Gasteiger partial charge in [-0.1, -0.05) is 79.4 Å². The van der Waals surface area contributed by atoms with E-state index in [4.69, 9.17) is 4.74 Å². The molecular formula is C25H24O3. The van der Waals surface area contributed by atoms with Crippen molar-refractivity contribution in [2.75, 3.05) is 6.61 Å². The van der Waals surface area contributed by atoms with E-state index in [-0.39, 0.29) is 13.2 Å². The van der Waals surface area contributed by atoms with E-state index in [9.17, 15) is 9.90 Å². The van der Waals surface area contributed by atoms with Gasteiger partial charge in [0.15, 0.2) is 0 Å². The van der Waals surface area contributed by atoms with Crippen LogP contribution in [0.25, 0.3) is 22.3 Å². The molecule has 28 heavy (non-hydrogen) atoms. The first-order chi connectivity index (χ1) is 13.6. The Kier molecular flexibility index (Phi) is 6.41. The van der Waals surface area contributed by atoms with E-state index in [0.29, 0.717) is 12.0 Å². The molecule has 0 aliphatic carbocycles. The maximum Gasteiger partial charge on any atom is 0.333 e. The van der Waals surface area contributed by atoms with Crippen LogP contribution in [0.4, 0.5) is 0 Å². The fraction of sp³-hybridized carbons (Fsp3) is 0.160. The molecule has 0 aromatic heterocycles. The molecule has 142 valence electrons. The number of hydrogen-bond acceptors (Lipinski definition) is 3. The number of carbonyl (C=O) groups excluding carboxylic acids is 1. The molecule has 0 radical (unpaired) electrons. The van der Waals surface area contributed by atoms with Crippen molar-refractivity contribution in [3.05, 3.63) is 96.1 Å². The van der Waals surface area contributed by atoms with Gasteiger partial charge in [-0.15, -0.1) is 0 Å². The van der Waals surface area contributed by atoms with Gasteiger partial charge in [-0.25, -0.2) is 4.79 Å². The number of ether oxygens (including phenoxy) is 1. The van der Waals surface area contributed by atoms with Crippen LogP contribution < -0.4 is 0 Å². The average molecular weight is 372 g/mol. The van der Waals surface area contributed by atoms with Crippen LogP contribution in [0.5, 0.6) is 0 Å². The molecule has 0 bridgehead atoms. The van der Waals surface area contributed by atoms with Crippen molar-refractivity contribution in [1.82, 2.24) is 0 Å². The van der Waals surface area contributed by atoms with Crippen LogP contribution in [0.2, 0.25) is 0 Å². The molecule has 0 aliphatic heterocycles. The van der Waals surface area contributed by atoms with E-state index in [1.54, 1.807) is 6.92 Å². The second-order valence-electron chi connectivity index (χ2n) is 6.75. The molecule has 3 heteroatoms. The summed E-state index contributed by atoms with van der Waals surface area (Å²) in [6.07, 6.45) is 0.546. The van der Waals surface area contributed by atoms with Crippen LogP contribution in [-0.2, 0) is 22.6 Å². The van der Waals surface area contributed by atoms with Crippen molar-refractivity contribution in [2.45, 2.75) is 20.0 Å². The zero-order valence-electron chi connectivity index (χ0n) is 16.0. The van der Waals surface area contributed by atoms with Gasteiger partial charge in [0.2, 0.25) is 0 Å². The summed E-state index contributed by atoms with van der Waals surface area (Å²) in [5.74, 6) is -0.391. The summed E-state index contributed by atoms with van der Waals surface area (Å²) < 4.78 is 5.20. The van der Waals surface area contributed by atoms with Crippen molar-refractivity contribution in [3.8, 4) is 22.3 Å². The second kappa shape index (κ2) is 9.16. The topological polar surface area (TPSA) is 46.5 Å². The third-order valence-corrected chi connectivity index (χ3v) is 4.65. The number of hydrogen-bond donors (Lipinski definition) is 1. The van der Waals surface area contributed by atoms with Gasteiger partial charge >= 0.3 is 5.97 Å². The summed E-state index contributed by atoms with van der Waals surface area (Å²) in [4.78, 5) is 11.6. The first kappa shape index (κ1) is 19.6. The summed E-state index contributed by atoms with van der Waals surface area (Å²) in [6.45, 7) is 5.42. The third kappa shape index (κ3) is 4.76. The molecule has 0 atom stereocenters. The van der Waals surface area contributed by atoms with Crippen LogP contribution in [0.1, 0.15) is 18.1 Å². The molecule has 3 rings (SSSR count). The minimum atomic E-state index is -0.391. The van der Waals surface area contributed by atoms with Crippen LogP contribution in [0.3, 0.4) is 0 Å². The smallest absolute Gasteiger partial charge is 0.333 e. The Morgan fingerprint density at radius 1 is 0.857 bits per heavy atom. The van der Waals surface area contributed by atoms with E-state index < -0.39 is 5.97 Å². The summed E-state index contributed by atoms with van der Waals surface area (Å²) >= 11 is 0. The maximum atomic E-state index is 11.6. The first-order valence-corrected chi connectivity index (χ1v) is 9.29. The van der Waals surface area contributed by atoms with Gasteiger partial charge in [-0.05, 0) is 40.3 Å². The van der Waals surface area contributed by atoms with Gasteiger partial charge in [-0.2, -0.15) is 0 Å². The van der Waals surface area contributed by atoms with Gasteiger partial charge in [0, 0.05) is 12.0 Å². The predicted octanol–water partition coefficient (Wildman–Crippen LogP) is 5.17. The zero-order valence-corrected chi connectivity index (χ0v) is 16.0. The Labute approximate surface area is 165 Å². The van der Waals surface area contributed by atoms with Crippen LogP contribution in [0.15, 0.2) is 84.9 Å². The number of rotatable bonds is 7. The molecule has 0 amide bonds. The highest BCUT2D eigenvalue weighted by Crippen LogP contribution is 2.27. The van der Waals surface area contributed by atoms with Crippen molar-refractivity contribution < 1.29 is 14.6 Å². The largest absolute Gasteiger partial charge is 0.462 e. The van der Waals surface area contributed by atoms with Crippen LogP contribution in [-0.4, -0.2) is 17.7 Å². The summed E-state index contributed by atoms with van der Waals surface area (Å²) in [7, 11) is 0. The van der Waals surface area contributed by atoms with E-state index in [0.717, 1.165) is 22.3 Å². The van der Waals surface area contributed by atoms with E-state index >= 15 is 0 Å². The number of benzene rings is 3. The average Bonchev–Trinajstić information content (AvgIpc) is 2.74. The highest BCUT2D eigenvalue weighted by atomic mass is 16.5. The molecule has 3 aromatic carbocycles. The minimum absolute atomic E-state index is 0.0447. The van der Waals surface area contributed by atoms with Crippen molar-refractivity contribution >= 4 is 5.97 Å². The Morgan fingerprint density at radius 2 is 1.43 bits per heavy atom. The molecule has 0 spiro atoms. The molecule has 0 fully saturated rings. The van der Waals surface area contributed by atoms with Gasteiger partial charge < -0.3 is 9.84 Å². The first-order valence-electron chi connectivity index (χ1n) is 9.29. The van der Waals surface area contributed by atoms with E-state index in [1.807, 2.05) is 30.3 Å². The number of esters is 1. The molecule has 0 aliphatic rings. The summed E-state index contributed by atoms with van der Waals surface area (Å²) in [5, 5.41) is 9.62. The van der Waals surface area contributed by atoms with Gasteiger partial charge in [0.05, 0.1) is 13.2 Å². The molecule has 3 aromatic rings. The monoisotopic (exact) mass is 372 g/mol. The Bertz CT molecular complexity index is 957. The highest BCUT2D eigenvalue weighted by molar-refractivity contribution is 5.86. The SMILES string of the molecule is C=C(C)C(=O)OCCc1cc(-c2ccc(-c3ccccc3)cc2)ccc1CO. The summed E-state index contributed by atoms with van der Waals surface area (Å²) in [5.41, 5.74) is 6.72. The predicted molar refractivity (Wildman–Crippen MR) is 113 cm³/mol. The fourth-order valence-corrected chi connectivity index (χ4v) is 3.06. The zero-order chi connectivity index (χ0) is 19.9. The lowest BCUT2D eigenvalue weighted by molar-refractivity contribution is -0.138.